The zero-order valence-corrected chi connectivity index (χ0v) is 24.3. The molecule has 0 N–H and O–H groups in total. The van der Waals surface area contributed by atoms with E-state index in [0.717, 1.165) is 44.3 Å². The van der Waals surface area contributed by atoms with E-state index in [9.17, 15) is 5.26 Å². The fraction of sp³-hybridized carbons (Fsp3) is 0. The second-order valence-electron chi connectivity index (χ2n) is 11.5. The summed E-state index contributed by atoms with van der Waals surface area (Å²) < 4.78 is 2.35. The van der Waals surface area contributed by atoms with E-state index < -0.39 is 0 Å². The Morgan fingerprint density at radius 1 is 0.489 bits per heavy atom. The Morgan fingerprint density at radius 2 is 1.09 bits per heavy atom. The zero-order chi connectivity index (χ0) is 29.9. The number of hydrogen-bond donors (Lipinski definition) is 0. The highest BCUT2D eigenvalue weighted by molar-refractivity contribution is 6.22. The minimum absolute atomic E-state index is 0.653. The fourth-order valence-corrected chi connectivity index (χ4v) is 7.14. The lowest BCUT2D eigenvalue weighted by atomic mass is 9.87. The van der Waals surface area contributed by atoms with Crippen LogP contribution in [0, 0.1) is 11.3 Å². The SMILES string of the molecule is N#Cc1ccc2c(c1)c1cc(-c3c4ccccc4c(-c4ccccn4)c4ccccc34)ccc1n2-c1cccc2ccccc12. The average molecular weight is 572 g/mol. The van der Waals surface area contributed by atoms with Gasteiger partial charge >= 0.3 is 0 Å². The topological polar surface area (TPSA) is 41.6 Å². The van der Waals surface area contributed by atoms with Gasteiger partial charge in [-0.15, -0.1) is 0 Å². The molecule has 7 aromatic carbocycles. The summed E-state index contributed by atoms with van der Waals surface area (Å²) in [4.78, 5) is 4.77. The van der Waals surface area contributed by atoms with Gasteiger partial charge in [0.1, 0.15) is 0 Å². The quantitative estimate of drug-likeness (QED) is 0.198. The maximum Gasteiger partial charge on any atom is 0.0991 e. The molecule has 0 aliphatic rings. The number of aromatic nitrogens is 2. The summed E-state index contributed by atoms with van der Waals surface area (Å²) in [5.74, 6) is 0. The highest BCUT2D eigenvalue weighted by Gasteiger charge is 2.20. The van der Waals surface area contributed by atoms with Crippen LogP contribution in [-0.2, 0) is 0 Å². The molecule has 208 valence electrons. The summed E-state index contributed by atoms with van der Waals surface area (Å²) in [5, 5.41) is 19.2. The van der Waals surface area contributed by atoms with Crippen LogP contribution in [0.4, 0.5) is 0 Å². The van der Waals surface area contributed by atoms with Crippen molar-refractivity contribution in [3.63, 3.8) is 0 Å². The van der Waals surface area contributed by atoms with Gasteiger partial charge in [-0.3, -0.25) is 4.98 Å². The largest absolute Gasteiger partial charge is 0.309 e. The highest BCUT2D eigenvalue weighted by atomic mass is 15.0. The summed E-state index contributed by atoms with van der Waals surface area (Å²) in [6, 6.07) is 53.6. The predicted octanol–water partition coefficient (Wildman–Crippen LogP) is 10.8. The minimum atomic E-state index is 0.653. The molecule has 0 bridgehead atoms. The summed E-state index contributed by atoms with van der Waals surface area (Å²) in [7, 11) is 0. The maximum absolute atomic E-state index is 9.86. The van der Waals surface area contributed by atoms with Gasteiger partial charge in [0.15, 0.2) is 0 Å². The van der Waals surface area contributed by atoms with E-state index >= 15 is 0 Å². The van der Waals surface area contributed by atoms with E-state index in [0.29, 0.717) is 5.56 Å². The molecule has 0 saturated carbocycles. The molecule has 45 heavy (non-hydrogen) atoms. The average Bonchev–Trinajstić information content (AvgIpc) is 3.43. The van der Waals surface area contributed by atoms with Gasteiger partial charge in [0.2, 0.25) is 0 Å². The van der Waals surface area contributed by atoms with E-state index in [1.165, 1.54) is 37.9 Å². The van der Waals surface area contributed by atoms with Crippen LogP contribution < -0.4 is 0 Å². The minimum Gasteiger partial charge on any atom is -0.309 e. The van der Waals surface area contributed by atoms with Gasteiger partial charge in [-0.2, -0.15) is 5.26 Å². The summed E-state index contributed by atoms with van der Waals surface area (Å²) >= 11 is 0. The second-order valence-corrected chi connectivity index (χ2v) is 11.5. The van der Waals surface area contributed by atoms with E-state index in [1.54, 1.807) is 0 Å². The van der Waals surface area contributed by atoms with E-state index in [2.05, 4.69) is 138 Å². The van der Waals surface area contributed by atoms with Gasteiger partial charge in [0, 0.05) is 27.9 Å². The summed E-state index contributed by atoms with van der Waals surface area (Å²) in [6.45, 7) is 0. The molecule has 0 aliphatic carbocycles. The molecule has 0 saturated heterocycles. The molecule has 0 atom stereocenters. The first-order valence-corrected chi connectivity index (χ1v) is 15.1. The van der Waals surface area contributed by atoms with Crippen molar-refractivity contribution in [1.29, 1.82) is 5.26 Å². The van der Waals surface area contributed by atoms with Crippen LogP contribution in [0.3, 0.4) is 0 Å². The first-order valence-electron chi connectivity index (χ1n) is 15.1. The number of rotatable bonds is 3. The van der Waals surface area contributed by atoms with Crippen molar-refractivity contribution in [1.82, 2.24) is 9.55 Å². The number of nitrogens with zero attached hydrogens (tertiary/aromatic N) is 3. The van der Waals surface area contributed by atoms with Gasteiger partial charge < -0.3 is 4.57 Å². The molecular formula is C42H25N3. The molecular weight excluding hydrogens is 546 g/mol. The third-order valence-corrected chi connectivity index (χ3v) is 9.04. The van der Waals surface area contributed by atoms with Crippen molar-refractivity contribution in [3.05, 3.63) is 157 Å². The molecule has 0 fully saturated rings. The number of nitriles is 1. The lowest BCUT2D eigenvalue weighted by molar-refractivity contribution is 1.20. The van der Waals surface area contributed by atoms with Gasteiger partial charge in [-0.25, -0.2) is 0 Å². The van der Waals surface area contributed by atoms with Crippen molar-refractivity contribution in [2.75, 3.05) is 0 Å². The number of hydrogen-bond acceptors (Lipinski definition) is 2. The van der Waals surface area contributed by atoms with Crippen molar-refractivity contribution in [2.24, 2.45) is 0 Å². The number of benzene rings is 7. The smallest absolute Gasteiger partial charge is 0.0991 e. The normalized spacial score (nSPS) is 11.5. The third-order valence-electron chi connectivity index (χ3n) is 9.04. The third kappa shape index (κ3) is 3.80. The van der Waals surface area contributed by atoms with Gasteiger partial charge in [-0.05, 0) is 86.6 Å². The van der Waals surface area contributed by atoms with Crippen molar-refractivity contribution in [3.8, 4) is 34.1 Å². The summed E-state index contributed by atoms with van der Waals surface area (Å²) in [5.41, 5.74) is 8.43. The van der Waals surface area contributed by atoms with Gasteiger partial charge in [-0.1, -0.05) is 97.1 Å². The maximum atomic E-state index is 9.86. The first-order chi connectivity index (χ1) is 22.3. The molecule has 2 heterocycles. The molecule has 0 radical (unpaired) electrons. The Kier molecular flexibility index (Phi) is 5.57. The van der Waals surface area contributed by atoms with Crippen LogP contribution in [0.2, 0.25) is 0 Å². The van der Waals surface area contributed by atoms with Crippen LogP contribution in [0.15, 0.2) is 152 Å². The van der Waals surface area contributed by atoms with Crippen LogP contribution in [0.25, 0.3) is 82.2 Å². The molecule has 9 rings (SSSR count). The van der Waals surface area contributed by atoms with E-state index in [1.807, 2.05) is 24.4 Å². The van der Waals surface area contributed by atoms with E-state index in [-0.39, 0.29) is 0 Å². The predicted molar refractivity (Wildman–Crippen MR) is 187 cm³/mol. The number of pyridine rings is 1. The number of fused-ring (bicyclic) bond motifs is 6. The Hall–Kier alpha value is -6.24. The monoisotopic (exact) mass is 571 g/mol. The van der Waals surface area contributed by atoms with Crippen molar-refractivity contribution in [2.45, 2.75) is 0 Å². The lowest BCUT2D eigenvalue weighted by Gasteiger charge is -2.17. The molecule has 0 spiro atoms. The fourth-order valence-electron chi connectivity index (χ4n) is 7.14. The lowest BCUT2D eigenvalue weighted by Crippen LogP contribution is -1.95. The first kappa shape index (κ1) is 25.3. The molecule has 3 nitrogen and oxygen atoms in total. The Balaban J connectivity index is 1.39. The van der Waals surface area contributed by atoms with Gasteiger partial charge in [0.05, 0.1) is 34.0 Å². The van der Waals surface area contributed by atoms with Gasteiger partial charge in [0.25, 0.3) is 0 Å². The molecule has 0 aliphatic heterocycles. The van der Waals surface area contributed by atoms with Crippen LogP contribution >= 0.6 is 0 Å². The molecule has 2 aromatic heterocycles. The van der Waals surface area contributed by atoms with Crippen molar-refractivity contribution >= 4 is 54.1 Å². The van der Waals surface area contributed by atoms with Crippen LogP contribution in [0.5, 0.6) is 0 Å². The Labute approximate surface area is 259 Å². The van der Waals surface area contributed by atoms with Crippen molar-refractivity contribution < 1.29 is 0 Å². The molecule has 0 amide bonds. The second kappa shape index (κ2) is 9.91. The molecule has 3 heteroatoms. The molecule has 9 aromatic rings. The standard InChI is InChI=1S/C42H25N3/c43-26-27-19-21-39-35(24-27)36-25-29(20-22-40(36)45(39)38-18-9-11-28-10-1-2-12-30(28)38)41-31-13-3-5-15-33(31)42(37-17-7-8-23-44-37)34-16-6-4-14-32(34)41/h1-25H. The Bertz CT molecular complexity index is 2600. The zero-order valence-electron chi connectivity index (χ0n) is 24.3. The van der Waals surface area contributed by atoms with Crippen LogP contribution in [-0.4, -0.2) is 9.55 Å². The summed E-state index contributed by atoms with van der Waals surface area (Å²) in [6.07, 6.45) is 1.86. The van der Waals surface area contributed by atoms with E-state index in [4.69, 9.17) is 4.98 Å². The highest BCUT2D eigenvalue weighted by Crippen LogP contribution is 2.45. The molecule has 0 unspecified atom stereocenters. The van der Waals surface area contributed by atoms with Crippen LogP contribution in [0.1, 0.15) is 5.56 Å². The Morgan fingerprint density at radius 3 is 1.78 bits per heavy atom.